The van der Waals surface area contributed by atoms with Crippen molar-refractivity contribution in [3.05, 3.63) is 23.8 Å². The highest BCUT2D eigenvalue weighted by Crippen LogP contribution is 2.25. The van der Waals surface area contributed by atoms with Gasteiger partial charge in [-0.25, -0.2) is 0 Å². The molecule has 1 aliphatic rings. The minimum Gasteiger partial charge on any atom is -0.508 e. The molecule has 1 fully saturated rings. The first-order chi connectivity index (χ1) is 9.01. The molecule has 1 aliphatic heterocycles. The lowest BCUT2D eigenvalue weighted by Gasteiger charge is -2.36. The lowest BCUT2D eigenvalue weighted by molar-refractivity contribution is -0.0560. The van der Waals surface area contributed by atoms with Gasteiger partial charge in [-0.05, 0) is 25.1 Å². The number of hydrogen-bond donors (Lipinski definition) is 2. The molecule has 0 aromatic heterocycles. The average Bonchev–Trinajstić information content (AvgIpc) is 2.40. The van der Waals surface area contributed by atoms with Crippen molar-refractivity contribution in [2.45, 2.75) is 19.1 Å². The Balaban J connectivity index is 2.21. The molecule has 0 radical (unpaired) electrons. The van der Waals surface area contributed by atoms with Crippen molar-refractivity contribution in [2.75, 3.05) is 18.4 Å². The first kappa shape index (κ1) is 14.1. The fourth-order valence-electron chi connectivity index (χ4n) is 2.16. The number of halogens is 1. The Morgan fingerprint density at radius 2 is 2.21 bits per heavy atom. The summed E-state index contributed by atoms with van der Waals surface area (Å²) in [5.74, 6) is -0.466. The van der Waals surface area contributed by atoms with Crippen LogP contribution in [0.3, 0.4) is 0 Å². The van der Waals surface area contributed by atoms with E-state index in [0.717, 1.165) is 0 Å². The molecule has 0 saturated carbocycles. The number of nitrogens with zero attached hydrogens (tertiary/aromatic N) is 1. The third kappa shape index (κ3) is 3.19. The van der Waals surface area contributed by atoms with Gasteiger partial charge in [-0.2, -0.15) is 0 Å². The number of rotatable bonds is 2. The molecule has 1 aromatic rings. The Labute approximate surface area is 119 Å². The molecule has 104 valence electrons. The molecule has 0 aliphatic carbocycles. The molecule has 1 heterocycles. The number of alkyl halides is 1. The normalized spacial score (nSPS) is 23.4. The number of aromatic hydroxyl groups is 2. The fraction of sp³-hybridized carbons (Fsp3) is 0.462. The topological polar surface area (TPSA) is 70.0 Å². The molecule has 1 amide bonds. The van der Waals surface area contributed by atoms with E-state index < -0.39 is 0 Å². The summed E-state index contributed by atoms with van der Waals surface area (Å²) in [4.78, 5) is 14.0. The van der Waals surface area contributed by atoms with Gasteiger partial charge in [0.2, 0.25) is 0 Å². The second kappa shape index (κ2) is 5.79. The van der Waals surface area contributed by atoms with Crippen LogP contribution in [0, 0.1) is 0 Å². The molecule has 2 atom stereocenters. The summed E-state index contributed by atoms with van der Waals surface area (Å²) in [6.45, 7) is 2.83. The van der Waals surface area contributed by atoms with E-state index in [9.17, 15) is 15.0 Å². The van der Waals surface area contributed by atoms with Crippen LogP contribution in [0.4, 0.5) is 0 Å². The zero-order valence-corrected chi connectivity index (χ0v) is 12.1. The van der Waals surface area contributed by atoms with Crippen molar-refractivity contribution < 1.29 is 19.7 Å². The van der Waals surface area contributed by atoms with Gasteiger partial charge >= 0.3 is 0 Å². The van der Waals surface area contributed by atoms with E-state index in [1.54, 1.807) is 4.90 Å². The van der Waals surface area contributed by atoms with Gasteiger partial charge < -0.3 is 19.8 Å². The van der Waals surface area contributed by atoms with Gasteiger partial charge in [0.05, 0.1) is 17.8 Å². The van der Waals surface area contributed by atoms with Crippen LogP contribution < -0.4 is 0 Å². The van der Waals surface area contributed by atoms with Crippen molar-refractivity contribution in [3.63, 3.8) is 0 Å². The van der Waals surface area contributed by atoms with Crippen molar-refractivity contribution >= 4 is 21.8 Å². The number of phenolic OH excluding ortho intramolecular Hbond substituents is 2. The molecule has 0 bridgehead atoms. The van der Waals surface area contributed by atoms with Crippen LogP contribution >= 0.6 is 15.9 Å². The number of benzene rings is 1. The van der Waals surface area contributed by atoms with Gasteiger partial charge in [-0.3, -0.25) is 4.79 Å². The van der Waals surface area contributed by atoms with Crippen LogP contribution in [-0.2, 0) is 4.74 Å². The Hall–Kier alpha value is -1.27. The van der Waals surface area contributed by atoms with E-state index in [1.165, 1.54) is 18.2 Å². The second-order valence-corrected chi connectivity index (χ2v) is 5.28. The maximum atomic E-state index is 12.4. The Bertz CT molecular complexity index is 480. The summed E-state index contributed by atoms with van der Waals surface area (Å²) in [7, 11) is 0. The second-order valence-electron chi connectivity index (χ2n) is 4.63. The summed E-state index contributed by atoms with van der Waals surface area (Å²) in [5.41, 5.74) is 0.113. The van der Waals surface area contributed by atoms with Crippen LogP contribution in [0.25, 0.3) is 0 Å². The van der Waals surface area contributed by atoms with E-state index in [0.29, 0.717) is 18.4 Å². The summed E-state index contributed by atoms with van der Waals surface area (Å²) < 4.78 is 5.65. The van der Waals surface area contributed by atoms with Gasteiger partial charge in [0, 0.05) is 18.4 Å². The Kier molecular flexibility index (Phi) is 4.31. The lowest BCUT2D eigenvalue weighted by atomic mass is 10.1. The first-order valence-electron chi connectivity index (χ1n) is 6.04. The first-order valence-corrected chi connectivity index (χ1v) is 7.16. The molecule has 5 nitrogen and oxygen atoms in total. The van der Waals surface area contributed by atoms with E-state index in [-0.39, 0.29) is 35.2 Å². The van der Waals surface area contributed by atoms with E-state index >= 15 is 0 Å². The van der Waals surface area contributed by atoms with Gasteiger partial charge in [0.25, 0.3) is 5.91 Å². The predicted molar refractivity (Wildman–Crippen MR) is 73.8 cm³/mol. The molecular weight excluding hydrogens is 314 g/mol. The van der Waals surface area contributed by atoms with Crippen LogP contribution in [0.15, 0.2) is 18.2 Å². The minimum absolute atomic E-state index is 0.0421. The SMILES string of the molecule is CC1CN(C(=O)c2cc(O)ccc2O)CC(CBr)O1. The van der Waals surface area contributed by atoms with Crippen LogP contribution in [-0.4, -0.2) is 51.6 Å². The van der Waals surface area contributed by atoms with E-state index in [2.05, 4.69) is 15.9 Å². The summed E-state index contributed by atoms with van der Waals surface area (Å²) in [6.07, 6.45) is -0.119. The number of hydrogen-bond acceptors (Lipinski definition) is 4. The largest absolute Gasteiger partial charge is 0.508 e. The van der Waals surface area contributed by atoms with Gasteiger partial charge in [-0.15, -0.1) is 0 Å². The molecule has 19 heavy (non-hydrogen) atoms. The standard InChI is InChI=1S/C13H16BrNO4/c1-8-6-15(7-10(5-14)19-8)13(18)11-4-9(16)2-3-12(11)17/h2-4,8,10,16-17H,5-7H2,1H3. The number of ether oxygens (including phenoxy) is 1. The molecule has 6 heteroatoms. The highest BCUT2D eigenvalue weighted by molar-refractivity contribution is 9.09. The maximum Gasteiger partial charge on any atom is 0.257 e. The van der Waals surface area contributed by atoms with Crippen LogP contribution in [0.2, 0.25) is 0 Å². The fourth-order valence-corrected chi connectivity index (χ4v) is 2.52. The smallest absolute Gasteiger partial charge is 0.257 e. The van der Waals surface area contributed by atoms with Crippen LogP contribution in [0.5, 0.6) is 11.5 Å². The minimum atomic E-state index is -0.297. The number of morpholine rings is 1. The van der Waals surface area contributed by atoms with Crippen molar-refractivity contribution in [1.29, 1.82) is 0 Å². The molecule has 2 N–H and O–H groups in total. The molecule has 0 spiro atoms. The summed E-state index contributed by atoms with van der Waals surface area (Å²) >= 11 is 3.35. The van der Waals surface area contributed by atoms with Gasteiger partial charge in [0.15, 0.2) is 0 Å². The zero-order chi connectivity index (χ0) is 14.0. The maximum absolute atomic E-state index is 12.4. The highest BCUT2D eigenvalue weighted by Gasteiger charge is 2.29. The summed E-state index contributed by atoms with van der Waals surface area (Å²) in [5, 5.41) is 19.8. The predicted octanol–water partition coefficient (Wildman–Crippen LogP) is 1.72. The average molecular weight is 330 g/mol. The number of carbonyl (C=O) groups is 1. The lowest BCUT2D eigenvalue weighted by Crippen LogP contribution is -2.49. The van der Waals surface area contributed by atoms with Crippen molar-refractivity contribution in [2.24, 2.45) is 0 Å². The Morgan fingerprint density at radius 1 is 1.47 bits per heavy atom. The number of amides is 1. The molecule has 1 aromatic carbocycles. The summed E-state index contributed by atoms with van der Waals surface area (Å²) in [6, 6.07) is 3.94. The van der Waals surface area contributed by atoms with E-state index in [1.807, 2.05) is 6.92 Å². The quantitative estimate of drug-likeness (QED) is 0.640. The zero-order valence-electron chi connectivity index (χ0n) is 10.5. The van der Waals surface area contributed by atoms with Gasteiger partial charge in [-0.1, -0.05) is 15.9 Å². The highest BCUT2D eigenvalue weighted by atomic mass is 79.9. The third-order valence-corrected chi connectivity index (χ3v) is 3.72. The van der Waals surface area contributed by atoms with Crippen LogP contribution in [0.1, 0.15) is 17.3 Å². The molecule has 2 unspecified atom stereocenters. The number of carbonyl (C=O) groups excluding carboxylic acids is 1. The number of phenols is 2. The van der Waals surface area contributed by atoms with Gasteiger partial charge in [0.1, 0.15) is 11.5 Å². The van der Waals surface area contributed by atoms with Crippen molar-refractivity contribution in [1.82, 2.24) is 4.90 Å². The molecule has 2 rings (SSSR count). The monoisotopic (exact) mass is 329 g/mol. The molecular formula is C13H16BrNO4. The molecule has 1 saturated heterocycles. The third-order valence-electron chi connectivity index (χ3n) is 3.00. The van der Waals surface area contributed by atoms with Crippen molar-refractivity contribution in [3.8, 4) is 11.5 Å². The Morgan fingerprint density at radius 3 is 2.89 bits per heavy atom. The van der Waals surface area contributed by atoms with E-state index in [4.69, 9.17) is 4.74 Å².